The van der Waals surface area contributed by atoms with Gasteiger partial charge in [-0.1, -0.05) is 0 Å². The van der Waals surface area contributed by atoms with E-state index in [1.807, 2.05) is 6.92 Å². The molecule has 0 N–H and O–H groups in total. The monoisotopic (exact) mass is 177 g/mol. The molecule has 1 unspecified atom stereocenters. The zero-order valence-corrected chi connectivity index (χ0v) is 8.20. The molecule has 0 aromatic carbocycles. The lowest BCUT2D eigenvalue weighted by Gasteiger charge is -2.20. The van der Waals surface area contributed by atoms with E-state index in [0.717, 1.165) is 5.69 Å². The highest BCUT2D eigenvalue weighted by atomic mass is 15.2. The smallest absolute Gasteiger partial charge is 0.0647 e. The fraction of sp³-hybridized carbons (Fsp3) is 0.600. The Labute approximate surface area is 78.8 Å². The first-order chi connectivity index (χ1) is 6.29. The molecule has 0 amide bonds. The minimum atomic E-state index is 0.565. The van der Waals surface area contributed by atoms with Crippen molar-refractivity contribution in [3.05, 3.63) is 23.5 Å². The van der Waals surface area contributed by atoms with Gasteiger partial charge in [0, 0.05) is 12.2 Å². The average Bonchev–Trinajstić information content (AvgIpc) is 2.52. The van der Waals surface area contributed by atoms with E-state index < -0.39 is 0 Å². The van der Waals surface area contributed by atoms with E-state index in [4.69, 9.17) is 0 Å². The summed E-state index contributed by atoms with van der Waals surface area (Å²) in [7, 11) is 2.18. The van der Waals surface area contributed by atoms with E-state index in [2.05, 4.69) is 28.2 Å². The summed E-state index contributed by atoms with van der Waals surface area (Å²) < 4.78 is 0. The Bertz CT molecular complexity index is 298. The van der Waals surface area contributed by atoms with Crippen molar-refractivity contribution in [2.24, 2.45) is 0 Å². The maximum atomic E-state index is 4.08. The zero-order valence-electron chi connectivity index (χ0n) is 8.20. The van der Waals surface area contributed by atoms with Gasteiger partial charge in [-0.2, -0.15) is 10.2 Å². The fourth-order valence-corrected chi connectivity index (χ4v) is 2.07. The van der Waals surface area contributed by atoms with Crippen molar-refractivity contribution in [1.82, 2.24) is 15.1 Å². The molecule has 70 valence electrons. The van der Waals surface area contributed by atoms with Crippen LogP contribution >= 0.6 is 0 Å². The molecule has 1 saturated heterocycles. The Kier molecular flexibility index (Phi) is 2.27. The molecule has 1 atom stereocenters. The Balaban J connectivity index is 2.29. The summed E-state index contributed by atoms with van der Waals surface area (Å²) in [5, 5.41) is 7.95. The molecule has 2 heterocycles. The van der Waals surface area contributed by atoms with Crippen molar-refractivity contribution < 1.29 is 0 Å². The van der Waals surface area contributed by atoms with E-state index >= 15 is 0 Å². The molecule has 0 bridgehead atoms. The summed E-state index contributed by atoms with van der Waals surface area (Å²) in [6.07, 6.45) is 4.33. The van der Waals surface area contributed by atoms with Crippen LogP contribution in [0.5, 0.6) is 0 Å². The molecule has 1 fully saturated rings. The van der Waals surface area contributed by atoms with Gasteiger partial charge >= 0.3 is 0 Å². The Hall–Kier alpha value is -0.960. The highest BCUT2D eigenvalue weighted by molar-refractivity contribution is 5.21. The number of likely N-dealkylation sites (tertiary alicyclic amines) is 1. The van der Waals surface area contributed by atoms with Gasteiger partial charge in [0.15, 0.2) is 0 Å². The largest absolute Gasteiger partial charge is 0.299 e. The van der Waals surface area contributed by atoms with E-state index in [1.165, 1.54) is 24.9 Å². The van der Waals surface area contributed by atoms with Crippen LogP contribution in [-0.4, -0.2) is 28.7 Å². The van der Waals surface area contributed by atoms with E-state index in [1.54, 1.807) is 6.20 Å². The topological polar surface area (TPSA) is 29.0 Å². The van der Waals surface area contributed by atoms with Crippen LogP contribution in [0.1, 0.15) is 30.1 Å². The highest BCUT2D eigenvalue weighted by Crippen LogP contribution is 2.30. The quantitative estimate of drug-likeness (QED) is 0.651. The van der Waals surface area contributed by atoms with E-state index in [-0.39, 0.29) is 0 Å². The number of hydrogen-bond donors (Lipinski definition) is 0. The third-order valence-corrected chi connectivity index (χ3v) is 2.83. The molecule has 0 saturated carbocycles. The van der Waals surface area contributed by atoms with E-state index in [9.17, 15) is 0 Å². The second-order valence-electron chi connectivity index (χ2n) is 3.71. The van der Waals surface area contributed by atoms with Crippen LogP contribution in [0.2, 0.25) is 0 Å². The molecule has 2 rings (SSSR count). The van der Waals surface area contributed by atoms with Gasteiger partial charge in [0.25, 0.3) is 0 Å². The molecule has 1 aliphatic heterocycles. The van der Waals surface area contributed by atoms with E-state index in [0.29, 0.717) is 6.04 Å². The molecular formula is C10H15N3. The van der Waals surface area contributed by atoms with Crippen molar-refractivity contribution in [3.63, 3.8) is 0 Å². The molecular weight excluding hydrogens is 162 g/mol. The summed E-state index contributed by atoms with van der Waals surface area (Å²) in [4.78, 5) is 2.39. The summed E-state index contributed by atoms with van der Waals surface area (Å²) in [6, 6.07) is 2.66. The van der Waals surface area contributed by atoms with Crippen LogP contribution in [0, 0.1) is 6.92 Å². The fourth-order valence-electron chi connectivity index (χ4n) is 2.07. The molecule has 1 aromatic rings. The number of nitrogens with zero attached hydrogens (tertiary/aromatic N) is 3. The van der Waals surface area contributed by atoms with Crippen molar-refractivity contribution in [2.45, 2.75) is 25.8 Å². The minimum absolute atomic E-state index is 0.565. The Morgan fingerprint density at radius 3 is 3.00 bits per heavy atom. The molecule has 1 aliphatic rings. The molecule has 13 heavy (non-hydrogen) atoms. The summed E-state index contributed by atoms with van der Waals surface area (Å²) in [5.74, 6) is 0. The van der Waals surface area contributed by atoms with Gasteiger partial charge in [0.05, 0.1) is 5.69 Å². The summed E-state index contributed by atoms with van der Waals surface area (Å²) >= 11 is 0. The van der Waals surface area contributed by atoms with Crippen molar-refractivity contribution in [2.75, 3.05) is 13.6 Å². The van der Waals surface area contributed by atoms with Crippen molar-refractivity contribution in [1.29, 1.82) is 0 Å². The molecule has 0 spiro atoms. The van der Waals surface area contributed by atoms with Gasteiger partial charge < -0.3 is 0 Å². The predicted octanol–water partition coefficient (Wildman–Crippen LogP) is 1.55. The maximum Gasteiger partial charge on any atom is 0.0647 e. The maximum absolute atomic E-state index is 4.08. The van der Waals surface area contributed by atoms with Crippen LogP contribution in [-0.2, 0) is 0 Å². The molecule has 3 nitrogen and oxygen atoms in total. The molecule has 0 radical (unpaired) electrons. The Morgan fingerprint density at radius 2 is 2.38 bits per heavy atom. The number of rotatable bonds is 1. The second-order valence-corrected chi connectivity index (χ2v) is 3.71. The third kappa shape index (κ3) is 1.56. The minimum Gasteiger partial charge on any atom is -0.299 e. The SMILES string of the molecule is Cc1nnccc1C1CCCN1C. The first-order valence-electron chi connectivity index (χ1n) is 4.77. The van der Waals surface area contributed by atoms with Crippen LogP contribution in [0.3, 0.4) is 0 Å². The lowest BCUT2D eigenvalue weighted by atomic mass is 10.0. The zero-order chi connectivity index (χ0) is 9.26. The van der Waals surface area contributed by atoms with Gasteiger partial charge in [-0.15, -0.1) is 0 Å². The van der Waals surface area contributed by atoms with Gasteiger partial charge in [-0.05, 0) is 45.0 Å². The second kappa shape index (κ2) is 3.42. The summed E-state index contributed by atoms with van der Waals surface area (Å²) in [6.45, 7) is 3.24. The lowest BCUT2D eigenvalue weighted by molar-refractivity contribution is 0.315. The van der Waals surface area contributed by atoms with Crippen LogP contribution in [0.4, 0.5) is 0 Å². The number of aromatic nitrogens is 2. The normalized spacial score (nSPS) is 23.7. The van der Waals surface area contributed by atoms with Gasteiger partial charge in [-0.25, -0.2) is 0 Å². The van der Waals surface area contributed by atoms with Crippen molar-refractivity contribution >= 4 is 0 Å². The van der Waals surface area contributed by atoms with Gasteiger partial charge in [0.1, 0.15) is 0 Å². The van der Waals surface area contributed by atoms with Crippen LogP contribution < -0.4 is 0 Å². The standard InChI is InChI=1S/C10H15N3/c1-8-9(5-6-11-12-8)10-4-3-7-13(10)2/h5-6,10H,3-4,7H2,1-2H3. The van der Waals surface area contributed by atoms with Crippen molar-refractivity contribution in [3.8, 4) is 0 Å². The van der Waals surface area contributed by atoms with Crippen LogP contribution in [0.15, 0.2) is 12.3 Å². The first-order valence-corrected chi connectivity index (χ1v) is 4.77. The number of hydrogen-bond acceptors (Lipinski definition) is 3. The third-order valence-electron chi connectivity index (χ3n) is 2.83. The van der Waals surface area contributed by atoms with Gasteiger partial charge in [-0.3, -0.25) is 4.90 Å². The molecule has 3 heteroatoms. The highest BCUT2D eigenvalue weighted by Gasteiger charge is 2.23. The number of aryl methyl sites for hydroxylation is 1. The Morgan fingerprint density at radius 1 is 1.54 bits per heavy atom. The first kappa shape index (κ1) is 8.63. The average molecular weight is 177 g/mol. The van der Waals surface area contributed by atoms with Gasteiger partial charge in [0.2, 0.25) is 0 Å². The molecule has 1 aromatic heterocycles. The molecule has 0 aliphatic carbocycles. The van der Waals surface area contributed by atoms with Crippen LogP contribution in [0.25, 0.3) is 0 Å². The predicted molar refractivity (Wildman–Crippen MR) is 51.4 cm³/mol. The summed E-state index contributed by atoms with van der Waals surface area (Å²) in [5.41, 5.74) is 2.41. The lowest BCUT2D eigenvalue weighted by Crippen LogP contribution is -2.18.